The average molecular weight is 1240 g/mol. The van der Waals surface area contributed by atoms with Crippen molar-refractivity contribution in [2.24, 2.45) is 0 Å². The van der Waals surface area contributed by atoms with Gasteiger partial charge in [-0.3, -0.25) is 9.59 Å². The van der Waals surface area contributed by atoms with Gasteiger partial charge in [0.1, 0.15) is 0 Å². The van der Waals surface area contributed by atoms with Gasteiger partial charge in [-0.25, -0.2) is 0 Å². The summed E-state index contributed by atoms with van der Waals surface area (Å²) in [5.41, 5.74) is 0. The summed E-state index contributed by atoms with van der Waals surface area (Å²) in [5, 5.41) is 23.3. The van der Waals surface area contributed by atoms with Crippen LogP contribution in [0.25, 0.3) is 0 Å². The lowest BCUT2D eigenvalue weighted by Gasteiger charge is -2.20. The number of allylic oxidation sites excluding steroid dienone is 3. The molecule has 0 saturated carbocycles. The SMILES string of the molecule is CCCCCCCCCCCCCCCCCCCCCCCCC/C=C/C(O)C(CO)NC(=O)CCCCCCCCCCCCCCC/C=C\CCCCCCCCCCCCCCOC(=O)CCCCCCCCCCCCCCCCCCC. The van der Waals surface area contributed by atoms with Crippen molar-refractivity contribution in [2.75, 3.05) is 13.2 Å². The molecule has 0 rings (SSSR count). The monoisotopic (exact) mass is 1240 g/mol. The van der Waals surface area contributed by atoms with Crippen LogP contribution >= 0.6 is 0 Å². The van der Waals surface area contributed by atoms with E-state index >= 15 is 0 Å². The van der Waals surface area contributed by atoms with Crippen LogP contribution in [0.4, 0.5) is 0 Å². The first kappa shape index (κ1) is 86.3. The Labute approximate surface area is 551 Å². The zero-order chi connectivity index (χ0) is 63.5. The molecule has 3 N–H and O–H groups in total. The highest BCUT2D eigenvalue weighted by Crippen LogP contribution is 2.20. The second kappa shape index (κ2) is 77.8. The van der Waals surface area contributed by atoms with Gasteiger partial charge in [-0.15, -0.1) is 0 Å². The van der Waals surface area contributed by atoms with Gasteiger partial charge in [0.05, 0.1) is 25.4 Å². The summed E-state index contributed by atoms with van der Waals surface area (Å²) in [6.45, 7) is 4.96. The molecule has 0 fully saturated rings. The standard InChI is InChI=1S/C82H159NO5/c1-3-5-7-9-11-13-15-17-19-21-22-23-24-30-33-36-39-43-46-50-54-58-62-66-70-74-80(85)79(78-84)83-81(86)75-71-67-63-59-55-51-47-44-40-37-34-31-28-26-25-27-29-32-35-38-41-45-49-53-57-61-65-69-73-77-88-82(87)76-72-68-64-60-56-52-48-42-20-18-16-14-12-10-8-6-4-2/h25,27,70,74,79-80,84-85H,3-24,26,28-69,71-73,75-78H2,1-2H3,(H,83,86)/b27-25-,74-70+. The molecule has 0 radical (unpaired) electrons. The molecule has 0 aliphatic carbocycles. The number of unbranched alkanes of at least 4 members (excludes halogenated alkanes) is 64. The van der Waals surface area contributed by atoms with E-state index in [9.17, 15) is 19.8 Å². The maximum atomic E-state index is 12.6. The second-order valence-corrected chi connectivity index (χ2v) is 28.1. The summed E-state index contributed by atoms with van der Waals surface area (Å²) < 4.78 is 5.51. The van der Waals surface area contributed by atoms with Crippen LogP contribution in [0.5, 0.6) is 0 Å². The third-order valence-corrected chi connectivity index (χ3v) is 19.2. The summed E-state index contributed by atoms with van der Waals surface area (Å²) in [6, 6.07) is -0.629. The molecule has 0 heterocycles. The van der Waals surface area contributed by atoms with Gasteiger partial charge in [0, 0.05) is 12.8 Å². The number of aliphatic hydroxyl groups excluding tert-OH is 2. The fourth-order valence-electron chi connectivity index (χ4n) is 13.0. The Morgan fingerprint density at radius 2 is 0.534 bits per heavy atom. The van der Waals surface area contributed by atoms with Gasteiger partial charge >= 0.3 is 5.97 Å². The third-order valence-electron chi connectivity index (χ3n) is 19.2. The molecule has 2 atom stereocenters. The van der Waals surface area contributed by atoms with Crippen molar-refractivity contribution >= 4 is 11.9 Å². The highest BCUT2D eigenvalue weighted by molar-refractivity contribution is 5.76. The molecule has 0 aromatic rings. The van der Waals surface area contributed by atoms with Gasteiger partial charge < -0.3 is 20.3 Å². The lowest BCUT2D eigenvalue weighted by atomic mass is 10.0. The number of rotatable bonds is 77. The Bertz CT molecular complexity index is 1380. The van der Waals surface area contributed by atoms with Crippen LogP contribution in [-0.2, 0) is 14.3 Å². The number of ether oxygens (including phenoxy) is 1. The molecule has 0 saturated heterocycles. The number of amides is 1. The first-order chi connectivity index (χ1) is 43.5. The van der Waals surface area contributed by atoms with Gasteiger partial charge in [-0.2, -0.15) is 0 Å². The molecule has 0 aliphatic rings. The van der Waals surface area contributed by atoms with Crippen molar-refractivity contribution < 1.29 is 24.5 Å². The molecule has 0 aromatic carbocycles. The maximum Gasteiger partial charge on any atom is 0.305 e. The Balaban J connectivity index is 3.38. The molecule has 6 heteroatoms. The Morgan fingerprint density at radius 3 is 0.807 bits per heavy atom. The van der Waals surface area contributed by atoms with Crippen molar-refractivity contribution in [2.45, 2.75) is 475 Å². The van der Waals surface area contributed by atoms with E-state index in [0.29, 0.717) is 19.4 Å². The van der Waals surface area contributed by atoms with E-state index in [1.807, 2.05) is 6.08 Å². The molecular weight excluding hydrogens is 1080 g/mol. The van der Waals surface area contributed by atoms with E-state index in [1.165, 1.54) is 398 Å². The van der Waals surface area contributed by atoms with Crippen molar-refractivity contribution in [1.82, 2.24) is 5.32 Å². The fourth-order valence-corrected chi connectivity index (χ4v) is 13.0. The summed E-state index contributed by atoms with van der Waals surface area (Å²) in [5.74, 6) is -0.0403. The Morgan fingerprint density at radius 1 is 0.307 bits per heavy atom. The number of hydrogen-bond donors (Lipinski definition) is 3. The molecule has 88 heavy (non-hydrogen) atoms. The largest absolute Gasteiger partial charge is 0.466 e. The lowest BCUT2D eigenvalue weighted by molar-refractivity contribution is -0.143. The number of hydrogen-bond acceptors (Lipinski definition) is 5. The molecule has 0 aliphatic heterocycles. The normalized spacial score (nSPS) is 12.5. The van der Waals surface area contributed by atoms with E-state index in [0.717, 1.165) is 38.5 Å². The maximum absolute atomic E-state index is 12.6. The van der Waals surface area contributed by atoms with Gasteiger partial charge in [0.15, 0.2) is 0 Å². The number of carbonyl (C=O) groups is 2. The van der Waals surface area contributed by atoms with Crippen LogP contribution in [0, 0.1) is 0 Å². The molecule has 6 nitrogen and oxygen atoms in total. The van der Waals surface area contributed by atoms with Crippen LogP contribution in [0.2, 0.25) is 0 Å². The van der Waals surface area contributed by atoms with Crippen LogP contribution in [-0.4, -0.2) is 47.4 Å². The number of nitrogens with one attached hydrogen (secondary N) is 1. The molecule has 0 aromatic heterocycles. The summed E-state index contributed by atoms with van der Waals surface area (Å²) in [4.78, 5) is 24.7. The van der Waals surface area contributed by atoms with E-state index in [2.05, 4.69) is 31.3 Å². The predicted molar refractivity (Wildman–Crippen MR) is 389 cm³/mol. The summed E-state index contributed by atoms with van der Waals surface area (Å²) >= 11 is 0. The molecule has 0 bridgehead atoms. The van der Waals surface area contributed by atoms with E-state index in [4.69, 9.17) is 4.74 Å². The fraction of sp³-hybridized carbons (Fsp3) is 0.927. The van der Waals surface area contributed by atoms with Crippen molar-refractivity contribution in [3.05, 3.63) is 24.3 Å². The minimum absolute atomic E-state index is 0.0213. The van der Waals surface area contributed by atoms with Crippen molar-refractivity contribution in [3.8, 4) is 0 Å². The zero-order valence-corrected chi connectivity index (χ0v) is 60.0. The topological polar surface area (TPSA) is 95.9 Å². The van der Waals surface area contributed by atoms with Crippen LogP contribution < -0.4 is 5.32 Å². The van der Waals surface area contributed by atoms with E-state index in [-0.39, 0.29) is 18.5 Å². The number of esters is 1. The number of carbonyl (C=O) groups excluding carboxylic acids is 2. The Kier molecular flexibility index (Phi) is 76.3. The molecule has 0 spiro atoms. The van der Waals surface area contributed by atoms with Gasteiger partial charge in [0.25, 0.3) is 0 Å². The van der Waals surface area contributed by atoms with Gasteiger partial charge in [-0.05, 0) is 57.8 Å². The highest BCUT2D eigenvalue weighted by Gasteiger charge is 2.18. The lowest BCUT2D eigenvalue weighted by Crippen LogP contribution is -2.45. The smallest absolute Gasteiger partial charge is 0.305 e. The van der Waals surface area contributed by atoms with Crippen molar-refractivity contribution in [1.29, 1.82) is 0 Å². The van der Waals surface area contributed by atoms with Crippen LogP contribution in [0.15, 0.2) is 24.3 Å². The second-order valence-electron chi connectivity index (χ2n) is 28.1. The minimum Gasteiger partial charge on any atom is -0.466 e. The third kappa shape index (κ3) is 73.4. The van der Waals surface area contributed by atoms with Crippen LogP contribution in [0.1, 0.15) is 463 Å². The van der Waals surface area contributed by atoms with E-state index < -0.39 is 12.1 Å². The van der Waals surface area contributed by atoms with Crippen molar-refractivity contribution in [3.63, 3.8) is 0 Å². The zero-order valence-electron chi connectivity index (χ0n) is 60.0. The van der Waals surface area contributed by atoms with E-state index in [1.54, 1.807) is 6.08 Å². The number of aliphatic hydroxyl groups is 2. The minimum atomic E-state index is -0.846. The molecule has 1 amide bonds. The average Bonchev–Trinajstić information content (AvgIpc) is 3.58. The molecule has 2 unspecified atom stereocenters. The van der Waals surface area contributed by atoms with Gasteiger partial charge in [-0.1, -0.05) is 417 Å². The first-order valence-corrected chi connectivity index (χ1v) is 40.6. The Hall–Kier alpha value is -1.66. The summed E-state index contributed by atoms with van der Waals surface area (Å²) in [6.07, 6.45) is 100. The molecule has 522 valence electrons. The van der Waals surface area contributed by atoms with Crippen LogP contribution in [0.3, 0.4) is 0 Å². The quantitative estimate of drug-likeness (QED) is 0.0320. The first-order valence-electron chi connectivity index (χ1n) is 40.6. The molecular formula is C82H159NO5. The predicted octanol–water partition coefficient (Wildman–Crippen LogP) is 26.8. The van der Waals surface area contributed by atoms with Gasteiger partial charge in [0.2, 0.25) is 5.91 Å². The highest BCUT2D eigenvalue weighted by atomic mass is 16.5. The summed E-state index contributed by atoms with van der Waals surface area (Å²) in [7, 11) is 0.